The lowest BCUT2D eigenvalue weighted by molar-refractivity contribution is 0.103. The van der Waals surface area contributed by atoms with Crippen LogP contribution in [0, 0.1) is 0 Å². The van der Waals surface area contributed by atoms with E-state index in [1.165, 1.54) is 12.8 Å². The number of rotatable bonds is 3. The predicted molar refractivity (Wildman–Crippen MR) is 94.8 cm³/mol. The zero-order valence-electron chi connectivity index (χ0n) is 13.7. The molecule has 0 saturated carbocycles. The molecule has 0 unspecified atom stereocenters. The second-order valence-corrected chi connectivity index (χ2v) is 5.62. The summed E-state index contributed by atoms with van der Waals surface area (Å²) in [7, 11) is 1.57. The van der Waals surface area contributed by atoms with Crippen molar-refractivity contribution >= 4 is 16.7 Å². The molecule has 1 aliphatic rings. The predicted octanol–water partition coefficient (Wildman–Crippen LogP) is 4.20. The maximum atomic E-state index is 12.5. The molecule has 4 rings (SSSR count). The molecule has 0 bridgehead atoms. The SMILES string of the molecule is C1CCOC1.COc1ccccc1C(=O)c1cc2ccccc2[nH]1. The Hall–Kier alpha value is -2.59. The highest BCUT2D eigenvalue weighted by Gasteiger charge is 2.15. The van der Waals surface area contributed by atoms with Crippen LogP contribution in [0.1, 0.15) is 28.9 Å². The summed E-state index contributed by atoms with van der Waals surface area (Å²) in [6, 6.07) is 16.9. The molecule has 0 atom stereocenters. The molecular formula is C20H21NO3. The van der Waals surface area contributed by atoms with Crippen molar-refractivity contribution in [3.05, 3.63) is 65.9 Å². The molecule has 0 radical (unpaired) electrons. The van der Waals surface area contributed by atoms with Crippen LogP contribution in [0.5, 0.6) is 5.75 Å². The van der Waals surface area contributed by atoms with Gasteiger partial charge in [-0.2, -0.15) is 0 Å². The Kier molecular flexibility index (Phi) is 5.29. The standard InChI is InChI=1S/C16H13NO2.C4H8O/c1-19-15-9-5-3-7-12(15)16(18)14-10-11-6-2-4-8-13(11)17-14;1-2-4-5-3-1/h2-10,17H,1H3;1-4H2. The van der Waals surface area contributed by atoms with Crippen molar-refractivity contribution in [2.45, 2.75) is 12.8 Å². The summed E-state index contributed by atoms with van der Waals surface area (Å²) in [6.07, 6.45) is 2.56. The minimum atomic E-state index is -0.0614. The van der Waals surface area contributed by atoms with Gasteiger partial charge < -0.3 is 14.5 Å². The Balaban J connectivity index is 0.000000290. The summed E-state index contributed by atoms with van der Waals surface area (Å²) >= 11 is 0. The Bertz CT molecular complexity index is 778. The van der Waals surface area contributed by atoms with Crippen LogP contribution >= 0.6 is 0 Å². The van der Waals surface area contributed by atoms with Gasteiger partial charge in [-0.3, -0.25) is 4.79 Å². The number of hydrogen-bond acceptors (Lipinski definition) is 3. The number of methoxy groups -OCH3 is 1. The average molecular weight is 323 g/mol. The van der Waals surface area contributed by atoms with Crippen LogP contribution in [0.3, 0.4) is 0 Å². The van der Waals surface area contributed by atoms with Crippen LogP contribution in [0.2, 0.25) is 0 Å². The van der Waals surface area contributed by atoms with Crippen molar-refractivity contribution in [3.63, 3.8) is 0 Å². The number of ether oxygens (including phenoxy) is 2. The highest BCUT2D eigenvalue weighted by Crippen LogP contribution is 2.23. The van der Waals surface area contributed by atoms with Crippen molar-refractivity contribution in [1.82, 2.24) is 4.98 Å². The molecule has 2 aromatic carbocycles. The van der Waals surface area contributed by atoms with E-state index in [2.05, 4.69) is 4.98 Å². The summed E-state index contributed by atoms with van der Waals surface area (Å²) in [5.74, 6) is 0.528. The van der Waals surface area contributed by atoms with Gasteiger partial charge in [0.05, 0.1) is 18.4 Å². The van der Waals surface area contributed by atoms with Crippen LogP contribution in [0.4, 0.5) is 0 Å². The lowest BCUT2D eigenvalue weighted by Crippen LogP contribution is -2.03. The van der Waals surface area contributed by atoms with E-state index in [9.17, 15) is 4.79 Å². The first-order valence-electron chi connectivity index (χ1n) is 8.13. The maximum absolute atomic E-state index is 12.5. The lowest BCUT2D eigenvalue weighted by atomic mass is 10.1. The van der Waals surface area contributed by atoms with E-state index >= 15 is 0 Å². The quantitative estimate of drug-likeness (QED) is 0.735. The van der Waals surface area contributed by atoms with Gasteiger partial charge >= 0.3 is 0 Å². The molecule has 3 aromatic rings. The van der Waals surface area contributed by atoms with Crippen LogP contribution in [0.25, 0.3) is 10.9 Å². The maximum Gasteiger partial charge on any atom is 0.212 e. The second-order valence-electron chi connectivity index (χ2n) is 5.62. The highest BCUT2D eigenvalue weighted by molar-refractivity contribution is 6.11. The summed E-state index contributed by atoms with van der Waals surface area (Å²) in [5.41, 5.74) is 2.10. The third-order valence-electron chi connectivity index (χ3n) is 3.95. The van der Waals surface area contributed by atoms with Gasteiger partial charge in [0.25, 0.3) is 0 Å². The van der Waals surface area contributed by atoms with E-state index in [1.54, 1.807) is 19.2 Å². The summed E-state index contributed by atoms with van der Waals surface area (Å²) < 4.78 is 10.2. The topological polar surface area (TPSA) is 51.3 Å². The van der Waals surface area contributed by atoms with Gasteiger partial charge in [0, 0.05) is 24.1 Å². The van der Waals surface area contributed by atoms with Crippen molar-refractivity contribution in [1.29, 1.82) is 0 Å². The van der Waals surface area contributed by atoms with E-state index in [-0.39, 0.29) is 5.78 Å². The summed E-state index contributed by atoms with van der Waals surface area (Å²) in [4.78, 5) is 15.6. The monoisotopic (exact) mass is 323 g/mol. The molecule has 1 fully saturated rings. The van der Waals surface area contributed by atoms with Crippen molar-refractivity contribution < 1.29 is 14.3 Å². The minimum Gasteiger partial charge on any atom is -0.496 e. The molecular weight excluding hydrogens is 302 g/mol. The van der Waals surface area contributed by atoms with E-state index in [1.807, 2.05) is 42.5 Å². The van der Waals surface area contributed by atoms with Crippen molar-refractivity contribution in [3.8, 4) is 5.75 Å². The van der Waals surface area contributed by atoms with Crippen LogP contribution in [-0.2, 0) is 4.74 Å². The number of carbonyl (C=O) groups is 1. The van der Waals surface area contributed by atoms with E-state index < -0.39 is 0 Å². The third kappa shape index (κ3) is 3.66. The van der Waals surface area contributed by atoms with Crippen LogP contribution < -0.4 is 4.74 Å². The van der Waals surface area contributed by atoms with Gasteiger partial charge in [-0.05, 0) is 37.1 Å². The molecule has 0 spiro atoms. The Morgan fingerprint density at radius 3 is 2.42 bits per heavy atom. The van der Waals surface area contributed by atoms with Gasteiger partial charge in [0.1, 0.15) is 5.75 Å². The Morgan fingerprint density at radius 1 is 1.04 bits per heavy atom. The largest absolute Gasteiger partial charge is 0.496 e. The summed E-state index contributed by atoms with van der Waals surface area (Å²) in [5, 5.41) is 1.03. The first-order chi connectivity index (χ1) is 11.8. The molecule has 2 heterocycles. The molecule has 0 aliphatic carbocycles. The number of nitrogens with one attached hydrogen (secondary N) is 1. The van der Waals surface area contributed by atoms with Crippen LogP contribution in [-0.4, -0.2) is 31.1 Å². The number of carbonyl (C=O) groups excluding carboxylic acids is 1. The Morgan fingerprint density at radius 2 is 1.75 bits per heavy atom. The van der Waals surface area contributed by atoms with Gasteiger partial charge in [-0.15, -0.1) is 0 Å². The zero-order valence-corrected chi connectivity index (χ0v) is 13.7. The number of para-hydroxylation sites is 2. The fraction of sp³-hybridized carbons (Fsp3) is 0.250. The summed E-state index contributed by atoms with van der Waals surface area (Å²) in [6.45, 7) is 2.00. The van der Waals surface area contributed by atoms with Gasteiger partial charge in [-0.25, -0.2) is 0 Å². The first-order valence-corrected chi connectivity index (χ1v) is 8.13. The molecule has 24 heavy (non-hydrogen) atoms. The molecule has 1 aromatic heterocycles. The molecule has 0 amide bonds. The molecule has 4 nitrogen and oxygen atoms in total. The number of ketones is 1. The van der Waals surface area contributed by atoms with Gasteiger partial charge in [-0.1, -0.05) is 30.3 Å². The fourth-order valence-corrected chi connectivity index (χ4v) is 2.68. The zero-order chi connectivity index (χ0) is 16.8. The Labute approximate surface area is 141 Å². The fourth-order valence-electron chi connectivity index (χ4n) is 2.68. The highest BCUT2D eigenvalue weighted by atomic mass is 16.5. The van der Waals surface area contributed by atoms with Crippen molar-refractivity contribution in [2.75, 3.05) is 20.3 Å². The number of aromatic amines is 1. The number of fused-ring (bicyclic) bond motifs is 1. The smallest absolute Gasteiger partial charge is 0.212 e. The van der Waals surface area contributed by atoms with E-state index in [0.29, 0.717) is 17.0 Å². The average Bonchev–Trinajstić information content (AvgIpc) is 3.33. The molecule has 124 valence electrons. The molecule has 1 N–H and O–H groups in total. The molecule has 1 saturated heterocycles. The van der Waals surface area contributed by atoms with E-state index in [0.717, 1.165) is 24.1 Å². The van der Waals surface area contributed by atoms with Gasteiger partial charge in [0.2, 0.25) is 5.78 Å². The molecule has 4 heteroatoms. The molecule has 1 aliphatic heterocycles. The number of hydrogen-bond donors (Lipinski definition) is 1. The van der Waals surface area contributed by atoms with Crippen molar-refractivity contribution in [2.24, 2.45) is 0 Å². The minimum absolute atomic E-state index is 0.0614. The first kappa shape index (κ1) is 16.3. The number of H-pyrrole nitrogens is 1. The number of benzene rings is 2. The van der Waals surface area contributed by atoms with Crippen LogP contribution in [0.15, 0.2) is 54.6 Å². The third-order valence-corrected chi connectivity index (χ3v) is 3.95. The normalized spacial score (nSPS) is 13.4. The van der Waals surface area contributed by atoms with Gasteiger partial charge in [0.15, 0.2) is 0 Å². The lowest BCUT2D eigenvalue weighted by Gasteiger charge is -2.05. The number of aromatic nitrogens is 1. The van der Waals surface area contributed by atoms with E-state index in [4.69, 9.17) is 9.47 Å². The second kappa shape index (κ2) is 7.79.